The molecule has 1 aliphatic carbocycles. The van der Waals surface area contributed by atoms with E-state index < -0.39 is 5.76 Å². The van der Waals surface area contributed by atoms with E-state index in [-0.39, 0.29) is 5.41 Å². The third kappa shape index (κ3) is 2.47. The Kier molecular flexibility index (Phi) is 3.85. The predicted octanol–water partition coefficient (Wildman–Crippen LogP) is 2.26. The average Bonchev–Trinajstić information content (AvgIpc) is 2.78. The van der Waals surface area contributed by atoms with Crippen LogP contribution in [0.2, 0.25) is 0 Å². The lowest BCUT2D eigenvalue weighted by molar-refractivity contribution is 0.234. The van der Waals surface area contributed by atoms with Crippen LogP contribution < -0.4 is 5.76 Å². The molecule has 0 amide bonds. The summed E-state index contributed by atoms with van der Waals surface area (Å²) < 4.78 is 6.23. The number of aromatic nitrogens is 2. The molecule has 0 radical (unpaired) electrons. The van der Waals surface area contributed by atoms with Gasteiger partial charge in [0.2, 0.25) is 0 Å². The third-order valence-electron chi connectivity index (χ3n) is 3.94. The van der Waals surface area contributed by atoms with Gasteiger partial charge in [0.25, 0.3) is 0 Å². The van der Waals surface area contributed by atoms with E-state index in [1.165, 1.54) is 6.42 Å². The molecule has 1 aliphatic rings. The van der Waals surface area contributed by atoms with Gasteiger partial charge in [0.15, 0.2) is 5.82 Å². The van der Waals surface area contributed by atoms with Gasteiger partial charge >= 0.3 is 5.76 Å². The van der Waals surface area contributed by atoms with E-state index in [2.05, 4.69) is 15.7 Å². The molecule has 1 aromatic rings. The fourth-order valence-corrected chi connectivity index (χ4v) is 2.74. The van der Waals surface area contributed by atoms with E-state index in [9.17, 15) is 10.1 Å². The Labute approximate surface area is 106 Å². The van der Waals surface area contributed by atoms with Crippen LogP contribution in [0.15, 0.2) is 9.32 Å². The maximum Gasteiger partial charge on any atom is 0.441 e. The highest BCUT2D eigenvalue weighted by atomic mass is 16.5. The van der Waals surface area contributed by atoms with Gasteiger partial charge in [-0.25, -0.2) is 4.79 Å². The first-order valence-corrected chi connectivity index (χ1v) is 6.67. The molecule has 0 bridgehead atoms. The zero-order valence-electron chi connectivity index (χ0n) is 10.8. The van der Waals surface area contributed by atoms with Gasteiger partial charge in [0.1, 0.15) is 0 Å². The van der Waals surface area contributed by atoms with E-state index in [4.69, 9.17) is 0 Å². The van der Waals surface area contributed by atoms with E-state index in [1.54, 1.807) is 4.57 Å². The highest BCUT2D eigenvalue weighted by Gasteiger charge is 2.32. The van der Waals surface area contributed by atoms with Gasteiger partial charge in [-0.3, -0.25) is 9.09 Å². The molecule has 0 saturated heterocycles. The van der Waals surface area contributed by atoms with Gasteiger partial charge in [-0.2, -0.15) is 5.26 Å². The second-order valence-electron chi connectivity index (χ2n) is 5.07. The number of rotatable bonds is 4. The van der Waals surface area contributed by atoms with E-state index in [1.807, 2.05) is 6.92 Å². The molecule has 18 heavy (non-hydrogen) atoms. The molecule has 1 saturated carbocycles. The van der Waals surface area contributed by atoms with Crippen LogP contribution in [0.4, 0.5) is 0 Å². The molecule has 0 N–H and O–H groups in total. The molecule has 0 unspecified atom stereocenters. The lowest BCUT2D eigenvalue weighted by atomic mass is 9.73. The minimum Gasteiger partial charge on any atom is -0.296 e. The second-order valence-corrected chi connectivity index (χ2v) is 5.07. The monoisotopic (exact) mass is 249 g/mol. The van der Waals surface area contributed by atoms with Crippen molar-refractivity contribution in [1.29, 1.82) is 5.26 Å². The van der Waals surface area contributed by atoms with Crippen molar-refractivity contribution in [1.82, 2.24) is 9.72 Å². The Bertz CT molecular complexity index is 489. The minimum atomic E-state index is -0.407. The molecule has 1 aromatic heterocycles. The summed E-state index contributed by atoms with van der Waals surface area (Å²) in [6.07, 6.45) is 6.75. The largest absolute Gasteiger partial charge is 0.441 e. The zero-order chi connectivity index (χ0) is 13.0. The molecule has 0 atom stereocenters. The lowest BCUT2D eigenvalue weighted by Gasteiger charge is -2.30. The topological polar surface area (TPSA) is 71.8 Å². The Morgan fingerprint density at radius 2 is 2.17 bits per heavy atom. The quantitative estimate of drug-likeness (QED) is 0.820. The number of nitriles is 1. The minimum absolute atomic E-state index is 0.250. The Morgan fingerprint density at radius 3 is 2.78 bits per heavy atom. The van der Waals surface area contributed by atoms with Crippen LogP contribution in [0.3, 0.4) is 0 Å². The van der Waals surface area contributed by atoms with Gasteiger partial charge in [-0.1, -0.05) is 31.3 Å². The molecule has 0 spiro atoms. The fourth-order valence-electron chi connectivity index (χ4n) is 2.74. The van der Waals surface area contributed by atoms with Gasteiger partial charge in [-0.15, -0.1) is 0 Å². The second kappa shape index (κ2) is 5.38. The van der Waals surface area contributed by atoms with Crippen LogP contribution in [0.5, 0.6) is 0 Å². The van der Waals surface area contributed by atoms with Gasteiger partial charge in [0, 0.05) is 13.0 Å². The third-order valence-corrected chi connectivity index (χ3v) is 3.94. The van der Waals surface area contributed by atoms with Crippen molar-refractivity contribution in [3.05, 3.63) is 16.4 Å². The van der Waals surface area contributed by atoms with Crippen LogP contribution in [0.25, 0.3) is 0 Å². The van der Waals surface area contributed by atoms with E-state index in [0.717, 1.165) is 32.1 Å². The molecule has 0 aliphatic heterocycles. The lowest BCUT2D eigenvalue weighted by Crippen LogP contribution is -2.27. The van der Waals surface area contributed by atoms with Crippen molar-refractivity contribution in [2.24, 2.45) is 5.41 Å². The smallest absolute Gasteiger partial charge is 0.296 e. The maximum absolute atomic E-state index is 11.5. The van der Waals surface area contributed by atoms with Gasteiger partial charge in [0.05, 0.1) is 11.5 Å². The Morgan fingerprint density at radius 1 is 1.44 bits per heavy atom. The Balaban J connectivity index is 2.08. The number of hydrogen-bond acceptors (Lipinski definition) is 4. The van der Waals surface area contributed by atoms with Crippen molar-refractivity contribution in [3.63, 3.8) is 0 Å². The van der Waals surface area contributed by atoms with Crippen molar-refractivity contribution >= 4 is 0 Å². The van der Waals surface area contributed by atoms with Crippen LogP contribution in [0, 0.1) is 16.7 Å². The number of nitrogens with zero attached hydrogens (tertiary/aromatic N) is 3. The SMILES string of the molecule is CCc1noc(=O)n1CCC1(C#N)CCCCC1. The molecule has 0 aromatic carbocycles. The molecule has 2 rings (SSSR count). The van der Waals surface area contributed by atoms with Gasteiger partial charge < -0.3 is 0 Å². The summed E-state index contributed by atoms with van der Waals surface area (Å²) in [6, 6.07) is 2.47. The van der Waals surface area contributed by atoms with Crippen LogP contribution in [-0.4, -0.2) is 9.72 Å². The molecular weight excluding hydrogens is 230 g/mol. The molecule has 1 fully saturated rings. The normalized spacial score (nSPS) is 18.4. The summed E-state index contributed by atoms with van der Waals surface area (Å²) in [4.78, 5) is 11.5. The van der Waals surface area contributed by atoms with Crippen LogP contribution >= 0.6 is 0 Å². The predicted molar refractivity (Wildman–Crippen MR) is 65.9 cm³/mol. The summed E-state index contributed by atoms with van der Waals surface area (Å²) >= 11 is 0. The summed E-state index contributed by atoms with van der Waals surface area (Å²) in [5.74, 6) is 0.264. The molecule has 5 heteroatoms. The first-order valence-electron chi connectivity index (χ1n) is 6.67. The molecule has 1 heterocycles. The average molecular weight is 249 g/mol. The number of aryl methyl sites for hydroxylation is 1. The molecule has 98 valence electrons. The fraction of sp³-hybridized carbons (Fsp3) is 0.769. The Hall–Kier alpha value is -1.57. The van der Waals surface area contributed by atoms with Crippen molar-refractivity contribution < 1.29 is 4.52 Å². The van der Waals surface area contributed by atoms with E-state index in [0.29, 0.717) is 18.8 Å². The zero-order valence-corrected chi connectivity index (χ0v) is 10.8. The first kappa shape index (κ1) is 12.9. The summed E-state index contributed by atoms with van der Waals surface area (Å²) in [6.45, 7) is 2.48. The molecular formula is C13H19N3O2. The maximum atomic E-state index is 11.5. The van der Waals surface area contributed by atoms with Crippen molar-refractivity contribution in [3.8, 4) is 6.07 Å². The summed E-state index contributed by atoms with van der Waals surface area (Å²) in [5, 5.41) is 13.1. The van der Waals surface area contributed by atoms with Gasteiger partial charge in [-0.05, 0) is 19.3 Å². The number of hydrogen-bond donors (Lipinski definition) is 0. The van der Waals surface area contributed by atoms with Crippen molar-refractivity contribution in [2.75, 3.05) is 0 Å². The van der Waals surface area contributed by atoms with Crippen LogP contribution in [-0.2, 0) is 13.0 Å². The molecule has 5 nitrogen and oxygen atoms in total. The first-order chi connectivity index (χ1) is 8.71. The highest BCUT2D eigenvalue weighted by molar-refractivity contribution is 5.00. The van der Waals surface area contributed by atoms with Crippen LogP contribution in [0.1, 0.15) is 51.3 Å². The standard InChI is InChI=1S/C13H19N3O2/c1-2-11-15-18-12(17)16(11)9-8-13(10-14)6-4-3-5-7-13/h2-9H2,1H3. The van der Waals surface area contributed by atoms with E-state index >= 15 is 0 Å². The summed E-state index contributed by atoms with van der Waals surface area (Å²) in [5.41, 5.74) is -0.250. The van der Waals surface area contributed by atoms with Crippen molar-refractivity contribution in [2.45, 2.75) is 58.4 Å². The summed E-state index contributed by atoms with van der Waals surface area (Å²) in [7, 11) is 0. The highest BCUT2D eigenvalue weighted by Crippen LogP contribution is 2.38.